The van der Waals surface area contributed by atoms with Crippen molar-refractivity contribution in [3.8, 4) is 0 Å². The molecule has 86 valence electrons. The van der Waals surface area contributed by atoms with Gasteiger partial charge in [0.05, 0.1) is 0 Å². The van der Waals surface area contributed by atoms with E-state index >= 15 is 0 Å². The maximum absolute atomic E-state index is 3.51. The molecule has 2 aliphatic rings. The van der Waals surface area contributed by atoms with Gasteiger partial charge in [-0.05, 0) is 37.6 Å². The highest BCUT2D eigenvalue weighted by Gasteiger charge is 2.24. The van der Waals surface area contributed by atoms with Crippen molar-refractivity contribution in [2.45, 2.75) is 25.2 Å². The van der Waals surface area contributed by atoms with Crippen LogP contribution in [0.4, 0.5) is 5.69 Å². The van der Waals surface area contributed by atoms with E-state index in [4.69, 9.17) is 0 Å². The Kier molecular flexibility index (Phi) is 2.83. The maximum atomic E-state index is 3.51. The van der Waals surface area contributed by atoms with Gasteiger partial charge in [-0.25, -0.2) is 0 Å². The highest BCUT2D eigenvalue weighted by molar-refractivity contribution is 5.57. The normalized spacial score (nSPS) is 25.1. The van der Waals surface area contributed by atoms with Crippen LogP contribution in [-0.4, -0.2) is 31.1 Å². The third-order valence-corrected chi connectivity index (χ3v) is 3.87. The van der Waals surface area contributed by atoms with E-state index in [1.54, 1.807) is 0 Å². The molecule has 0 amide bonds. The Hall–Kier alpha value is -1.02. The van der Waals surface area contributed by atoms with E-state index in [2.05, 4.69) is 34.5 Å². The average molecular weight is 216 g/mol. The summed E-state index contributed by atoms with van der Waals surface area (Å²) in [6.45, 7) is 4.97. The van der Waals surface area contributed by atoms with Gasteiger partial charge in [0, 0.05) is 24.7 Å². The summed E-state index contributed by atoms with van der Waals surface area (Å²) in [6.07, 6.45) is 4.21. The molecule has 2 aliphatic heterocycles. The number of likely N-dealkylation sites (tertiary alicyclic amines) is 1. The van der Waals surface area contributed by atoms with Crippen LogP contribution in [-0.2, 0) is 0 Å². The number of benzene rings is 1. The summed E-state index contributed by atoms with van der Waals surface area (Å²) in [6, 6.07) is 8.76. The molecule has 0 saturated carbocycles. The molecule has 16 heavy (non-hydrogen) atoms. The number of nitrogens with one attached hydrogen (secondary N) is 1. The maximum Gasteiger partial charge on any atom is 0.0376 e. The zero-order valence-corrected chi connectivity index (χ0v) is 9.78. The Balaban J connectivity index is 1.68. The van der Waals surface area contributed by atoms with E-state index in [0.29, 0.717) is 5.92 Å². The minimum Gasteiger partial charge on any atom is -0.384 e. The lowest BCUT2D eigenvalue weighted by atomic mass is 9.99. The van der Waals surface area contributed by atoms with Crippen molar-refractivity contribution in [2.75, 3.05) is 31.5 Å². The van der Waals surface area contributed by atoms with Crippen molar-refractivity contribution in [3.05, 3.63) is 29.8 Å². The highest BCUT2D eigenvalue weighted by atomic mass is 15.1. The lowest BCUT2D eigenvalue weighted by Gasteiger charge is -2.28. The van der Waals surface area contributed by atoms with Crippen LogP contribution in [0.2, 0.25) is 0 Å². The van der Waals surface area contributed by atoms with Crippen molar-refractivity contribution >= 4 is 5.69 Å². The Morgan fingerprint density at radius 2 is 1.94 bits per heavy atom. The number of fused-ring (bicyclic) bond motifs is 1. The monoisotopic (exact) mass is 216 g/mol. The number of hydrogen-bond acceptors (Lipinski definition) is 2. The van der Waals surface area contributed by atoms with Crippen LogP contribution >= 0.6 is 0 Å². The van der Waals surface area contributed by atoms with Crippen LogP contribution in [0.1, 0.15) is 30.7 Å². The summed E-state index contributed by atoms with van der Waals surface area (Å²) < 4.78 is 0. The zero-order chi connectivity index (χ0) is 10.8. The number of rotatable bonds is 2. The molecule has 0 bridgehead atoms. The molecule has 1 unspecified atom stereocenters. The van der Waals surface area contributed by atoms with Gasteiger partial charge in [0.25, 0.3) is 0 Å². The number of para-hydroxylation sites is 1. The fourth-order valence-electron chi connectivity index (χ4n) is 2.97. The third-order valence-electron chi connectivity index (χ3n) is 3.87. The van der Waals surface area contributed by atoms with Crippen molar-refractivity contribution in [1.29, 1.82) is 0 Å². The fourth-order valence-corrected chi connectivity index (χ4v) is 2.97. The summed E-state index contributed by atoms with van der Waals surface area (Å²) in [4.78, 5) is 2.64. The smallest absolute Gasteiger partial charge is 0.0376 e. The molecule has 0 radical (unpaired) electrons. The SMILES string of the molecule is c1ccc2c(c1)NCC2CN1CCCCC1. The predicted molar refractivity (Wildman–Crippen MR) is 68.0 cm³/mol. The van der Waals surface area contributed by atoms with E-state index in [1.807, 2.05) is 0 Å². The largest absolute Gasteiger partial charge is 0.384 e. The van der Waals surface area contributed by atoms with Gasteiger partial charge in [-0.3, -0.25) is 0 Å². The van der Waals surface area contributed by atoms with Crippen molar-refractivity contribution in [1.82, 2.24) is 4.90 Å². The van der Waals surface area contributed by atoms with Crippen LogP contribution in [0.25, 0.3) is 0 Å². The van der Waals surface area contributed by atoms with Crippen LogP contribution in [0, 0.1) is 0 Å². The lowest BCUT2D eigenvalue weighted by molar-refractivity contribution is 0.219. The van der Waals surface area contributed by atoms with Gasteiger partial charge in [-0.1, -0.05) is 24.6 Å². The van der Waals surface area contributed by atoms with Gasteiger partial charge in [0.15, 0.2) is 0 Å². The van der Waals surface area contributed by atoms with Gasteiger partial charge in [0.2, 0.25) is 0 Å². The molecule has 1 aromatic rings. The topological polar surface area (TPSA) is 15.3 Å². The first-order valence-corrected chi connectivity index (χ1v) is 6.48. The van der Waals surface area contributed by atoms with E-state index in [1.165, 1.54) is 50.1 Å². The van der Waals surface area contributed by atoms with Crippen molar-refractivity contribution in [3.63, 3.8) is 0 Å². The van der Waals surface area contributed by atoms with Gasteiger partial charge in [-0.15, -0.1) is 0 Å². The summed E-state index contributed by atoms with van der Waals surface area (Å²) in [5.74, 6) is 0.703. The molecule has 1 saturated heterocycles. The summed E-state index contributed by atoms with van der Waals surface area (Å²) in [5.41, 5.74) is 2.87. The zero-order valence-electron chi connectivity index (χ0n) is 9.78. The molecule has 1 atom stereocenters. The molecule has 0 aliphatic carbocycles. The Morgan fingerprint density at radius 1 is 1.12 bits per heavy atom. The minimum atomic E-state index is 0.703. The second-order valence-electron chi connectivity index (χ2n) is 5.03. The number of piperidine rings is 1. The van der Waals surface area contributed by atoms with E-state index in [-0.39, 0.29) is 0 Å². The molecule has 2 heteroatoms. The number of anilines is 1. The van der Waals surface area contributed by atoms with Gasteiger partial charge < -0.3 is 10.2 Å². The highest BCUT2D eigenvalue weighted by Crippen LogP contribution is 2.31. The van der Waals surface area contributed by atoms with E-state index < -0.39 is 0 Å². The Morgan fingerprint density at radius 3 is 2.81 bits per heavy atom. The lowest BCUT2D eigenvalue weighted by Crippen LogP contribution is -2.34. The number of nitrogens with zero attached hydrogens (tertiary/aromatic N) is 1. The van der Waals surface area contributed by atoms with Crippen LogP contribution in [0.15, 0.2) is 24.3 Å². The summed E-state index contributed by atoms with van der Waals surface area (Å²) in [5, 5.41) is 3.51. The average Bonchev–Trinajstić information content (AvgIpc) is 2.74. The summed E-state index contributed by atoms with van der Waals surface area (Å²) >= 11 is 0. The van der Waals surface area contributed by atoms with E-state index in [0.717, 1.165) is 6.54 Å². The molecule has 0 spiro atoms. The molecular weight excluding hydrogens is 196 g/mol. The molecule has 2 heterocycles. The first-order chi connectivity index (χ1) is 7.93. The molecule has 1 fully saturated rings. The Labute approximate surface area is 97.6 Å². The van der Waals surface area contributed by atoms with Crippen molar-refractivity contribution < 1.29 is 0 Å². The van der Waals surface area contributed by atoms with E-state index in [9.17, 15) is 0 Å². The fraction of sp³-hybridized carbons (Fsp3) is 0.571. The van der Waals surface area contributed by atoms with Gasteiger partial charge in [-0.2, -0.15) is 0 Å². The van der Waals surface area contributed by atoms with Gasteiger partial charge >= 0.3 is 0 Å². The second-order valence-corrected chi connectivity index (χ2v) is 5.03. The predicted octanol–water partition coefficient (Wildman–Crippen LogP) is 2.68. The van der Waals surface area contributed by atoms with Crippen LogP contribution in [0.3, 0.4) is 0 Å². The van der Waals surface area contributed by atoms with Crippen molar-refractivity contribution in [2.24, 2.45) is 0 Å². The first kappa shape index (κ1) is 10.2. The Bertz CT molecular complexity index is 356. The summed E-state index contributed by atoms with van der Waals surface area (Å²) in [7, 11) is 0. The molecule has 3 rings (SSSR count). The number of hydrogen-bond donors (Lipinski definition) is 1. The third kappa shape index (κ3) is 1.94. The van der Waals surface area contributed by atoms with Crippen LogP contribution in [0.5, 0.6) is 0 Å². The standard InChI is InChI=1S/C14H20N2/c1-4-8-16(9-5-1)11-12-10-15-14-7-3-2-6-13(12)14/h2-3,6-7,12,15H,1,4-5,8-11H2. The first-order valence-electron chi connectivity index (χ1n) is 6.48. The quantitative estimate of drug-likeness (QED) is 0.817. The minimum absolute atomic E-state index is 0.703. The molecule has 1 N–H and O–H groups in total. The van der Waals surface area contributed by atoms with Crippen LogP contribution < -0.4 is 5.32 Å². The molecule has 2 nitrogen and oxygen atoms in total. The van der Waals surface area contributed by atoms with Gasteiger partial charge in [0.1, 0.15) is 0 Å². The molecule has 1 aromatic carbocycles. The second kappa shape index (κ2) is 4.46. The molecule has 0 aromatic heterocycles. The molecular formula is C14H20N2.